The zero-order valence-electron chi connectivity index (χ0n) is 10.1. The Bertz CT molecular complexity index is 332. The summed E-state index contributed by atoms with van der Waals surface area (Å²) in [5.41, 5.74) is -0.722. The van der Waals surface area contributed by atoms with Crippen LogP contribution in [0.2, 0.25) is 0 Å². The molecule has 0 unspecified atom stereocenters. The molecule has 0 atom stereocenters. The second kappa shape index (κ2) is 5.54. The van der Waals surface area contributed by atoms with E-state index in [1.54, 1.807) is 13.8 Å². The summed E-state index contributed by atoms with van der Waals surface area (Å²) in [4.78, 5) is 0. The van der Waals surface area contributed by atoms with Crippen LogP contribution in [-0.2, 0) is 6.42 Å². The van der Waals surface area contributed by atoms with Gasteiger partial charge in [0.1, 0.15) is 0 Å². The van der Waals surface area contributed by atoms with Crippen LogP contribution in [0.15, 0.2) is 5.16 Å². The van der Waals surface area contributed by atoms with Crippen LogP contribution in [0.25, 0.3) is 0 Å². The highest BCUT2D eigenvalue weighted by Gasteiger charge is 2.16. The minimum atomic E-state index is -0.722. The fourth-order valence-electron chi connectivity index (χ4n) is 1.15. The lowest BCUT2D eigenvalue weighted by Crippen LogP contribution is -2.23. The third-order valence-corrected chi connectivity index (χ3v) is 3.43. The normalized spacial score (nSPS) is 12.0. The first kappa shape index (κ1) is 13.3. The molecule has 0 fully saturated rings. The minimum absolute atomic E-state index is 0.552. The molecule has 0 spiro atoms. The lowest BCUT2D eigenvalue weighted by molar-refractivity contribution is 0.107. The molecule has 6 heteroatoms. The molecule has 5 nitrogen and oxygen atoms in total. The van der Waals surface area contributed by atoms with Gasteiger partial charge in [-0.3, -0.25) is 0 Å². The lowest BCUT2D eigenvalue weighted by Gasteiger charge is -2.15. The highest BCUT2D eigenvalue weighted by Crippen LogP contribution is 2.20. The summed E-state index contributed by atoms with van der Waals surface area (Å²) in [6, 6.07) is 0. The van der Waals surface area contributed by atoms with Crippen LogP contribution >= 0.6 is 11.8 Å². The topological polar surface area (TPSA) is 77.0 Å². The van der Waals surface area contributed by atoms with E-state index in [4.69, 9.17) is 5.84 Å². The van der Waals surface area contributed by atoms with E-state index >= 15 is 0 Å². The van der Waals surface area contributed by atoms with E-state index in [1.807, 2.05) is 0 Å². The molecule has 16 heavy (non-hydrogen) atoms. The Labute approximate surface area is 100 Å². The molecule has 1 aromatic heterocycles. The number of aliphatic hydroxyl groups is 1. The molecule has 0 saturated carbocycles. The first-order valence-electron chi connectivity index (χ1n) is 5.48. The maximum Gasteiger partial charge on any atom is 0.209 e. The maximum absolute atomic E-state index is 9.60. The number of hydrogen-bond acceptors (Lipinski definition) is 5. The van der Waals surface area contributed by atoms with E-state index in [2.05, 4.69) is 17.1 Å². The number of aromatic nitrogens is 3. The summed E-state index contributed by atoms with van der Waals surface area (Å²) in [5, 5.41) is 18.3. The van der Waals surface area contributed by atoms with E-state index in [0.717, 1.165) is 25.1 Å². The molecule has 0 amide bonds. The van der Waals surface area contributed by atoms with E-state index in [9.17, 15) is 5.11 Å². The Kier molecular flexibility index (Phi) is 4.61. The Morgan fingerprint density at radius 3 is 2.69 bits per heavy atom. The smallest absolute Gasteiger partial charge is 0.209 e. The van der Waals surface area contributed by atoms with Crippen molar-refractivity contribution in [3.8, 4) is 0 Å². The van der Waals surface area contributed by atoms with Crippen LogP contribution in [0, 0.1) is 0 Å². The summed E-state index contributed by atoms with van der Waals surface area (Å²) in [7, 11) is 0. The van der Waals surface area contributed by atoms with Crippen LogP contribution in [0.3, 0.4) is 0 Å². The zero-order valence-corrected chi connectivity index (χ0v) is 10.9. The van der Waals surface area contributed by atoms with Gasteiger partial charge in [0.05, 0.1) is 5.60 Å². The van der Waals surface area contributed by atoms with E-state index < -0.39 is 5.60 Å². The molecule has 0 aliphatic carbocycles. The van der Waals surface area contributed by atoms with Crippen molar-refractivity contribution in [2.75, 3.05) is 11.6 Å². The van der Waals surface area contributed by atoms with E-state index in [0.29, 0.717) is 10.9 Å². The molecule has 0 radical (unpaired) electrons. The van der Waals surface area contributed by atoms with E-state index in [-0.39, 0.29) is 0 Å². The molecule has 0 aliphatic heterocycles. The van der Waals surface area contributed by atoms with Gasteiger partial charge in [0, 0.05) is 12.2 Å². The van der Waals surface area contributed by atoms with Crippen molar-refractivity contribution in [2.45, 2.75) is 50.8 Å². The van der Waals surface area contributed by atoms with Crippen molar-refractivity contribution in [3.05, 3.63) is 5.82 Å². The number of thioether (sulfide) groups is 1. The average Bonchev–Trinajstić information content (AvgIpc) is 2.53. The van der Waals surface area contributed by atoms with Gasteiger partial charge in [0.15, 0.2) is 5.82 Å². The number of nitrogens with two attached hydrogens (primary N) is 1. The SMILES string of the molecule is CCCCc1nnc(SCC(C)(C)O)n1N. The Hall–Kier alpha value is -0.750. The summed E-state index contributed by atoms with van der Waals surface area (Å²) in [6.45, 7) is 5.64. The number of aryl methyl sites for hydroxylation is 1. The van der Waals surface area contributed by atoms with Gasteiger partial charge < -0.3 is 10.9 Å². The molecule has 3 N–H and O–H groups in total. The van der Waals surface area contributed by atoms with Crippen LogP contribution in [0.1, 0.15) is 39.4 Å². The van der Waals surface area contributed by atoms with Gasteiger partial charge in [0.25, 0.3) is 0 Å². The van der Waals surface area contributed by atoms with E-state index in [1.165, 1.54) is 16.4 Å². The number of hydrogen-bond donors (Lipinski definition) is 2. The molecular formula is C10H20N4OS. The molecule has 0 aromatic carbocycles. The van der Waals surface area contributed by atoms with Gasteiger partial charge in [-0.25, -0.2) is 4.68 Å². The fourth-order valence-corrected chi connectivity index (χ4v) is 1.98. The van der Waals surface area contributed by atoms with Gasteiger partial charge in [0.2, 0.25) is 5.16 Å². The number of rotatable bonds is 6. The summed E-state index contributed by atoms with van der Waals surface area (Å²) in [5.74, 6) is 7.22. The van der Waals surface area contributed by atoms with Gasteiger partial charge in [-0.05, 0) is 20.3 Å². The fraction of sp³-hybridized carbons (Fsp3) is 0.800. The summed E-state index contributed by atoms with van der Waals surface area (Å²) < 4.78 is 1.52. The standard InChI is InChI=1S/C10H20N4OS/c1-4-5-6-8-12-13-9(14(8)11)16-7-10(2,3)15/h15H,4-7,11H2,1-3H3. The third kappa shape index (κ3) is 4.02. The minimum Gasteiger partial charge on any atom is -0.390 e. The van der Waals surface area contributed by atoms with Crippen LogP contribution < -0.4 is 5.84 Å². The largest absolute Gasteiger partial charge is 0.390 e. The molecular weight excluding hydrogens is 224 g/mol. The molecule has 0 saturated heterocycles. The summed E-state index contributed by atoms with van der Waals surface area (Å²) in [6.07, 6.45) is 3.02. The molecule has 0 aliphatic rings. The van der Waals surface area contributed by atoms with Crippen molar-refractivity contribution in [1.82, 2.24) is 14.9 Å². The molecule has 1 aromatic rings. The first-order valence-corrected chi connectivity index (χ1v) is 6.47. The van der Waals surface area contributed by atoms with Crippen molar-refractivity contribution in [2.24, 2.45) is 0 Å². The van der Waals surface area contributed by atoms with Gasteiger partial charge >= 0.3 is 0 Å². The monoisotopic (exact) mass is 244 g/mol. The Morgan fingerprint density at radius 2 is 2.12 bits per heavy atom. The lowest BCUT2D eigenvalue weighted by atomic mass is 10.2. The van der Waals surface area contributed by atoms with Crippen LogP contribution in [-0.4, -0.2) is 31.3 Å². The molecule has 1 heterocycles. The first-order chi connectivity index (χ1) is 7.44. The highest BCUT2D eigenvalue weighted by molar-refractivity contribution is 7.99. The number of nitrogens with zero attached hydrogens (tertiary/aromatic N) is 3. The quantitative estimate of drug-likeness (QED) is 0.581. The predicted molar refractivity (Wildman–Crippen MR) is 65.8 cm³/mol. The Balaban J connectivity index is 2.58. The second-order valence-corrected chi connectivity index (χ2v) is 5.42. The van der Waals surface area contributed by atoms with Crippen molar-refractivity contribution in [3.63, 3.8) is 0 Å². The van der Waals surface area contributed by atoms with Gasteiger partial charge in [-0.15, -0.1) is 10.2 Å². The van der Waals surface area contributed by atoms with Gasteiger partial charge in [-0.2, -0.15) is 0 Å². The maximum atomic E-state index is 9.60. The molecule has 0 bridgehead atoms. The van der Waals surface area contributed by atoms with Crippen molar-refractivity contribution in [1.29, 1.82) is 0 Å². The second-order valence-electron chi connectivity index (χ2n) is 4.47. The average molecular weight is 244 g/mol. The third-order valence-electron chi connectivity index (χ3n) is 2.04. The van der Waals surface area contributed by atoms with Crippen molar-refractivity contribution >= 4 is 11.8 Å². The molecule has 1 rings (SSSR count). The molecule has 92 valence electrons. The van der Waals surface area contributed by atoms with Crippen LogP contribution in [0.5, 0.6) is 0 Å². The zero-order chi connectivity index (χ0) is 12.2. The van der Waals surface area contributed by atoms with Crippen molar-refractivity contribution < 1.29 is 5.11 Å². The number of nitrogen functional groups attached to an aromatic ring is 1. The number of unbranched alkanes of at least 4 members (excludes halogenated alkanes) is 1. The van der Waals surface area contributed by atoms with Crippen LogP contribution in [0.4, 0.5) is 0 Å². The van der Waals surface area contributed by atoms with Gasteiger partial charge in [-0.1, -0.05) is 25.1 Å². The highest BCUT2D eigenvalue weighted by atomic mass is 32.2. The predicted octanol–water partition coefficient (Wildman–Crippen LogP) is 1.20. The summed E-state index contributed by atoms with van der Waals surface area (Å²) >= 11 is 1.42. The Morgan fingerprint density at radius 1 is 1.44 bits per heavy atom.